The molecule has 0 aromatic carbocycles. The van der Waals surface area contributed by atoms with Gasteiger partial charge in [0.25, 0.3) is 0 Å². The molecule has 0 aliphatic rings. The van der Waals surface area contributed by atoms with E-state index in [1.807, 2.05) is 13.1 Å². The number of halogens is 1. The number of nitrogens with zero attached hydrogens (tertiary/aromatic N) is 2. The molecular weight excluding hydrogens is 250 g/mol. The van der Waals surface area contributed by atoms with Crippen LogP contribution in [0.2, 0.25) is 4.34 Å². The Labute approximate surface area is 101 Å². The van der Waals surface area contributed by atoms with Crippen LogP contribution in [-0.4, -0.2) is 9.97 Å². The van der Waals surface area contributed by atoms with Crippen molar-refractivity contribution in [2.45, 2.75) is 20.0 Å². The van der Waals surface area contributed by atoms with Crippen LogP contribution in [0.25, 0.3) is 0 Å². The smallest absolute Gasteiger partial charge is 0.113 e. The second kappa shape index (κ2) is 5.03. The van der Waals surface area contributed by atoms with E-state index in [9.17, 15) is 0 Å². The summed E-state index contributed by atoms with van der Waals surface area (Å²) in [5.41, 5.74) is 0. The monoisotopic (exact) mass is 259 g/mol. The van der Waals surface area contributed by atoms with Crippen LogP contribution in [-0.2, 0) is 13.1 Å². The molecule has 0 saturated carbocycles. The Kier molecular flexibility index (Phi) is 3.69. The first-order valence-corrected chi connectivity index (χ1v) is 6.47. The lowest BCUT2D eigenvalue weighted by molar-refractivity contribution is 0.696. The normalized spacial score (nSPS) is 10.8. The number of nitrogens with one attached hydrogen (secondary N) is 1. The van der Waals surface area contributed by atoms with Crippen molar-refractivity contribution < 1.29 is 0 Å². The lowest BCUT2D eigenvalue weighted by Gasteiger charge is -1.98. The van der Waals surface area contributed by atoms with Gasteiger partial charge in [-0.3, -0.25) is 0 Å². The van der Waals surface area contributed by atoms with E-state index in [0.29, 0.717) is 0 Å². The molecule has 0 bridgehead atoms. The Bertz CT molecular complexity index is 398. The summed E-state index contributed by atoms with van der Waals surface area (Å²) in [6.07, 6.45) is 3.59. The maximum absolute atomic E-state index is 5.78. The zero-order valence-corrected chi connectivity index (χ0v) is 10.5. The van der Waals surface area contributed by atoms with Crippen LogP contribution >= 0.6 is 34.3 Å². The quantitative estimate of drug-likeness (QED) is 0.918. The molecule has 0 aliphatic carbocycles. The SMILES string of the molecule is Cc1ncc(CNCc2ncc(Cl)s2)s1. The fourth-order valence-electron chi connectivity index (χ4n) is 1.15. The van der Waals surface area contributed by atoms with Crippen molar-refractivity contribution in [1.82, 2.24) is 15.3 Å². The Balaban J connectivity index is 1.80. The Morgan fingerprint density at radius 3 is 2.73 bits per heavy atom. The van der Waals surface area contributed by atoms with Crippen LogP contribution in [0, 0.1) is 6.92 Å². The average Bonchev–Trinajstić information content (AvgIpc) is 2.76. The van der Waals surface area contributed by atoms with Crippen LogP contribution in [0.1, 0.15) is 14.9 Å². The van der Waals surface area contributed by atoms with Gasteiger partial charge in [0.1, 0.15) is 9.34 Å². The summed E-state index contributed by atoms with van der Waals surface area (Å²) < 4.78 is 0.737. The van der Waals surface area contributed by atoms with Gasteiger partial charge in [0.2, 0.25) is 0 Å². The fraction of sp³-hybridized carbons (Fsp3) is 0.333. The third-order valence-corrected chi connectivity index (χ3v) is 3.80. The van der Waals surface area contributed by atoms with E-state index in [1.54, 1.807) is 17.5 Å². The molecule has 15 heavy (non-hydrogen) atoms. The zero-order valence-electron chi connectivity index (χ0n) is 8.16. The van der Waals surface area contributed by atoms with E-state index in [-0.39, 0.29) is 0 Å². The Morgan fingerprint density at radius 2 is 2.13 bits per heavy atom. The van der Waals surface area contributed by atoms with Gasteiger partial charge in [0.05, 0.1) is 11.2 Å². The molecule has 1 N–H and O–H groups in total. The summed E-state index contributed by atoms with van der Waals surface area (Å²) in [6.45, 7) is 3.60. The number of rotatable bonds is 4. The zero-order chi connectivity index (χ0) is 10.7. The van der Waals surface area contributed by atoms with Gasteiger partial charge in [-0.05, 0) is 6.92 Å². The summed E-state index contributed by atoms with van der Waals surface area (Å²) in [7, 11) is 0. The maximum atomic E-state index is 5.78. The lowest BCUT2D eigenvalue weighted by atomic mass is 10.5. The van der Waals surface area contributed by atoms with Gasteiger partial charge < -0.3 is 5.32 Å². The van der Waals surface area contributed by atoms with Gasteiger partial charge in [0, 0.05) is 24.2 Å². The third-order valence-electron chi connectivity index (χ3n) is 1.77. The molecule has 2 rings (SSSR count). The molecule has 0 radical (unpaired) electrons. The van der Waals surface area contributed by atoms with E-state index in [1.165, 1.54) is 16.2 Å². The molecule has 2 aromatic rings. The molecule has 3 nitrogen and oxygen atoms in total. The van der Waals surface area contributed by atoms with Gasteiger partial charge >= 0.3 is 0 Å². The molecular formula is C9H10ClN3S2. The average molecular weight is 260 g/mol. The predicted octanol–water partition coefficient (Wildman–Crippen LogP) is 2.85. The summed E-state index contributed by atoms with van der Waals surface area (Å²) in [5, 5.41) is 5.42. The van der Waals surface area contributed by atoms with E-state index in [2.05, 4.69) is 15.3 Å². The van der Waals surface area contributed by atoms with Crippen molar-refractivity contribution in [3.63, 3.8) is 0 Å². The van der Waals surface area contributed by atoms with Crippen LogP contribution in [0.4, 0.5) is 0 Å². The van der Waals surface area contributed by atoms with Crippen molar-refractivity contribution in [1.29, 1.82) is 0 Å². The van der Waals surface area contributed by atoms with Crippen LogP contribution < -0.4 is 5.32 Å². The highest BCUT2D eigenvalue weighted by Crippen LogP contribution is 2.18. The Morgan fingerprint density at radius 1 is 1.27 bits per heavy atom. The number of hydrogen-bond acceptors (Lipinski definition) is 5. The third kappa shape index (κ3) is 3.24. The van der Waals surface area contributed by atoms with Crippen LogP contribution in [0.5, 0.6) is 0 Å². The second-order valence-electron chi connectivity index (χ2n) is 3.01. The van der Waals surface area contributed by atoms with E-state index in [4.69, 9.17) is 11.6 Å². The molecule has 80 valence electrons. The first-order valence-electron chi connectivity index (χ1n) is 4.46. The first kappa shape index (κ1) is 11.0. The largest absolute Gasteiger partial charge is 0.305 e. The molecule has 0 aliphatic heterocycles. The van der Waals surface area contributed by atoms with Crippen LogP contribution in [0.3, 0.4) is 0 Å². The highest BCUT2D eigenvalue weighted by molar-refractivity contribution is 7.15. The molecule has 2 aromatic heterocycles. The van der Waals surface area contributed by atoms with Crippen molar-refractivity contribution >= 4 is 34.3 Å². The molecule has 0 saturated heterocycles. The number of aryl methyl sites for hydroxylation is 1. The molecule has 0 unspecified atom stereocenters. The number of hydrogen-bond donors (Lipinski definition) is 1. The summed E-state index contributed by atoms with van der Waals surface area (Å²) in [6, 6.07) is 0. The molecule has 0 fully saturated rings. The van der Waals surface area contributed by atoms with E-state index < -0.39 is 0 Å². The molecule has 0 atom stereocenters. The first-order chi connectivity index (χ1) is 7.24. The minimum absolute atomic E-state index is 0.737. The summed E-state index contributed by atoms with van der Waals surface area (Å²) in [5.74, 6) is 0. The standard InChI is InChI=1S/C9H10ClN3S2/c1-6-12-3-7(14-6)2-11-5-9-13-4-8(10)15-9/h3-4,11H,2,5H2,1H3. The van der Waals surface area contributed by atoms with E-state index in [0.717, 1.165) is 27.4 Å². The predicted molar refractivity (Wildman–Crippen MR) is 64.5 cm³/mol. The number of thiazole rings is 2. The fourth-order valence-corrected chi connectivity index (χ4v) is 2.84. The highest BCUT2D eigenvalue weighted by atomic mass is 35.5. The van der Waals surface area contributed by atoms with Crippen molar-refractivity contribution in [3.05, 3.63) is 31.6 Å². The molecule has 6 heteroatoms. The van der Waals surface area contributed by atoms with E-state index >= 15 is 0 Å². The van der Waals surface area contributed by atoms with Crippen molar-refractivity contribution in [2.75, 3.05) is 0 Å². The second-order valence-corrected chi connectivity index (χ2v) is 6.07. The Hall–Kier alpha value is -0.490. The van der Waals surface area contributed by atoms with Gasteiger partial charge in [-0.1, -0.05) is 11.6 Å². The van der Waals surface area contributed by atoms with Crippen LogP contribution in [0.15, 0.2) is 12.4 Å². The molecule has 0 spiro atoms. The lowest BCUT2D eigenvalue weighted by Crippen LogP contribution is -2.11. The minimum Gasteiger partial charge on any atom is -0.305 e. The van der Waals surface area contributed by atoms with Gasteiger partial charge in [0.15, 0.2) is 0 Å². The molecule has 2 heterocycles. The minimum atomic E-state index is 0.737. The number of aromatic nitrogens is 2. The van der Waals surface area contributed by atoms with Gasteiger partial charge in [-0.2, -0.15) is 0 Å². The van der Waals surface area contributed by atoms with Crippen molar-refractivity contribution in [3.8, 4) is 0 Å². The van der Waals surface area contributed by atoms with Crippen molar-refractivity contribution in [2.24, 2.45) is 0 Å². The van der Waals surface area contributed by atoms with Gasteiger partial charge in [-0.25, -0.2) is 9.97 Å². The molecule has 0 amide bonds. The van der Waals surface area contributed by atoms with Gasteiger partial charge in [-0.15, -0.1) is 22.7 Å². The maximum Gasteiger partial charge on any atom is 0.113 e. The summed E-state index contributed by atoms with van der Waals surface area (Å²) >= 11 is 9.00. The summed E-state index contributed by atoms with van der Waals surface area (Å²) in [4.78, 5) is 9.60. The topological polar surface area (TPSA) is 37.8 Å². The highest BCUT2D eigenvalue weighted by Gasteiger charge is 2.00.